The molecule has 9 rings (SSSR count). The Morgan fingerprint density at radius 2 is 1.24 bits per heavy atom. The number of pyridine rings is 2. The van der Waals surface area contributed by atoms with Crippen LogP contribution in [0, 0.1) is 18.6 Å². The third-order valence-electron chi connectivity index (χ3n) is 9.55. The standard InChI is InChI=1S/C20H19N5OS.C19H18F2N4O2/c1-13-22-16-4-2-14(10-18(16)27-13)17-11-20(26)25-12-15(3-5-19(25)23-17)24-8-6-21-7-9-24;1-27-16-9-12(8-14(20)19(16)21)15-10-18(26)25-11-13(2-3-17(25)23-15)24-6-4-22-5-7-24/h2-5,10-12,21H,6-9H2,1H3;2-3,8-11,22H,4-7H2,1H3. The number of hydrogen-bond donors (Lipinski definition) is 2. The van der Waals surface area contributed by atoms with Crippen LogP contribution in [0.5, 0.6) is 5.75 Å². The minimum Gasteiger partial charge on any atom is -0.494 e. The maximum atomic E-state index is 13.8. The number of fused-ring (bicyclic) bond motifs is 3. The summed E-state index contributed by atoms with van der Waals surface area (Å²) in [6.45, 7) is 9.32. The fraction of sp³-hybridized carbons (Fsp3) is 0.256. The van der Waals surface area contributed by atoms with Gasteiger partial charge in [0.1, 0.15) is 11.3 Å². The molecule has 5 aromatic heterocycles. The minimum atomic E-state index is -1.07. The van der Waals surface area contributed by atoms with Crippen molar-refractivity contribution in [1.82, 2.24) is 34.4 Å². The van der Waals surface area contributed by atoms with E-state index >= 15 is 0 Å². The van der Waals surface area contributed by atoms with Gasteiger partial charge in [0.15, 0.2) is 11.6 Å². The lowest BCUT2D eigenvalue weighted by Gasteiger charge is -2.29. The molecule has 0 atom stereocenters. The van der Waals surface area contributed by atoms with Gasteiger partial charge in [-0.1, -0.05) is 6.07 Å². The first-order valence-corrected chi connectivity index (χ1v) is 18.4. The zero-order valence-electron chi connectivity index (χ0n) is 29.7. The van der Waals surface area contributed by atoms with Crippen molar-refractivity contribution < 1.29 is 13.5 Å². The van der Waals surface area contributed by atoms with Crippen molar-refractivity contribution in [2.24, 2.45) is 0 Å². The predicted octanol–water partition coefficient (Wildman–Crippen LogP) is 4.75. The van der Waals surface area contributed by atoms with E-state index in [2.05, 4.69) is 36.5 Å². The van der Waals surface area contributed by atoms with Gasteiger partial charge in [-0.15, -0.1) is 11.3 Å². The molecule has 2 aliphatic rings. The summed E-state index contributed by atoms with van der Waals surface area (Å²) in [5.74, 6) is -2.36. The monoisotopic (exact) mass is 749 g/mol. The van der Waals surface area contributed by atoms with Crippen LogP contribution in [0.2, 0.25) is 0 Å². The van der Waals surface area contributed by atoms with Crippen LogP contribution in [0.3, 0.4) is 0 Å². The number of nitrogens with zero attached hydrogens (tertiary/aromatic N) is 7. The molecule has 0 unspecified atom stereocenters. The summed E-state index contributed by atoms with van der Waals surface area (Å²) in [6.07, 6.45) is 3.65. The second-order valence-corrected chi connectivity index (χ2v) is 14.3. The summed E-state index contributed by atoms with van der Waals surface area (Å²) in [5.41, 5.74) is 5.89. The Labute approximate surface area is 312 Å². The maximum Gasteiger partial charge on any atom is 0.258 e. The number of anilines is 2. The van der Waals surface area contributed by atoms with E-state index in [9.17, 15) is 18.4 Å². The lowest BCUT2D eigenvalue weighted by atomic mass is 10.1. The highest BCUT2D eigenvalue weighted by Crippen LogP contribution is 2.29. The largest absolute Gasteiger partial charge is 0.494 e. The summed E-state index contributed by atoms with van der Waals surface area (Å²) >= 11 is 1.65. The first-order chi connectivity index (χ1) is 26.2. The Kier molecular flexibility index (Phi) is 9.75. The molecular formula is C39H37F2N9O3S. The minimum absolute atomic E-state index is 0.0624. The molecule has 0 radical (unpaired) electrons. The molecule has 2 aromatic carbocycles. The fourth-order valence-corrected chi connectivity index (χ4v) is 7.62. The molecule has 54 heavy (non-hydrogen) atoms. The van der Waals surface area contributed by atoms with Gasteiger partial charge in [0.05, 0.1) is 45.1 Å². The van der Waals surface area contributed by atoms with Gasteiger partial charge >= 0.3 is 0 Å². The van der Waals surface area contributed by atoms with Gasteiger partial charge in [0.2, 0.25) is 5.82 Å². The van der Waals surface area contributed by atoms with Gasteiger partial charge in [0.25, 0.3) is 11.1 Å². The number of aryl methyl sites for hydroxylation is 1. The van der Waals surface area contributed by atoms with Crippen LogP contribution in [-0.4, -0.2) is 83.2 Å². The second-order valence-electron chi connectivity index (χ2n) is 13.1. The Hall–Kier alpha value is -5.77. The van der Waals surface area contributed by atoms with Crippen molar-refractivity contribution in [2.45, 2.75) is 6.92 Å². The molecule has 7 aromatic rings. The van der Waals surface area contributed by atoms with Gasteiger partial charge in [-0.2, -0.15) is 4.39 Å². The molecule has 15 heteroatoms. The van der Waals surface area contributed by atoms with Crippen LogP contribution in [0.4, 0.5) is 20.2 Å². The van der Waals surface area contributed by atoms with Crippen molar-refractivity contribution >= 4 is 44.2 Å². The number of halogens is 2. The Morgan fingerprint density at radius 1 is 0.685 bits per heavy atom. The van der Waals surface area contributed by atoms with Gasteiger partial charge < -0.3 is 25.2 Å². The first kappa shape index (κ1) is 35.3. The van der Waals surface area contributed by atoms with E-state index < -0.39 is 11.6 Å². The highest BCUT2D eigenvalue weighted by molar-refractivity contribution is 7.18. The molecule has 2 aliphatic heterocycles. The summed E-state index contributed by atoms with van der Waals surface area (Å²) in [7, 11) is 1.25. The molecule has 0 spiro atoms. The highest BCUT2D eigenvalue weighted by atomic mass is 32.1. The molecule has 0 aliphatic carbocycles. The number of thiazole rings is 1. The number of hydrogen-bond acceptors (Lipinski definition) is 11. The normalized spacial score (nSPS) is 14.7. The van der Waals surface area contributed by atoms with Crippen molar-refractivity contribution in [3.8, 4) is 28.3 Å². The summed E-state index contributed by atoms with van der Waals surface area (Å²) in [5, 5.41) is 7.67. The smallest absolute Gasteiger partial charge is 0.258 e. The van der Waals surface area contributed by atoms with Crippen LogP contribution >= 0.6 is 11.3 Å². The van der Waals surface area contributed by atoms with E-state index in [4.69, 9.17) is 9.72 Å². The molecule has 0 amide bonds. The number of ether oxygens (including phenoxy) is 1. The molecule has 276 valence electrons. The molecule has 7 heterocycles. The quantitative estimate of drug-likeness (QED) is 0.255. The van der Waals surface area contributed by atoms with Crippen LogP contribution < -0.4 is 36.3 Å². The second kappa shape index (κ2) is 14.9. The Balaban J connectivity index is 0.000000153. The van der Waals surface area contributed by atoms with E-state index in [1.807, 2.05) is 43.5 Å². The predicted molar refractivity (Wildman–Crippen MR) is 208 cm³/mol. The lowest BCUT2D eigenvalue weighted by molar-refractivity contribution is 0.372. The molecule has 2 N–H and O–H groups in total. The number of methoxy groups -OCH3 is 1. The van der Waals surface area contributed by atoms with Crippen molar-refractivity contribution in [3.05, 3.63) is 116 Å². The van der Waals surface area contributed by atoms with Gasteiger partial charge in [-0.25, -0.2) is 19.3 Å². The Morgan fingerprint density at radius 3 is 1.80 bits per heavy atom. The third-order valence-corrected chi connectivity index (χ3v) is 10.5. The third kappa shape index (κ3) is 7.12. The number of piperazine rings is 2. The van der Waals surface area contributed by atoms with E-state index in [0.717, 1.165) is 90.6 Å². The SMILES string of the molecule is COc1cc(-c2cc(=O)n3cc(N4CCNCC4)ccc3n2)cc(F)c1F.Cc1nc2ccc(-c3cc(=O)n4cc(N5CCNCC5)ccc4n3)cc2s1. The van der Waals surface area contributed by atoms with Gasteiger partial charge in [-0.3, -0.25) is 18.4 Å². The lowest BCUT2D eigenvalue weighted by Crippen LogP contribution is -2.43. The summed E-state index contributed by atoms with van der Waals surface area (Å²) < 4.78 is 36.5. The number of aromatic nitrogens is 5. The van der Waals surface area contributed by atoms with Crippen molar-refractivity contribution in [1.29, 1.82) is 0 Å². The molecule has 0 saturated carbocycles. The average Bonchev–Trinajstić information content (AvgIpc) is 3.59. The van der Waals surface area contributed by atoms with Crippen LogP contribution in [-0.2, 0) is 0 Å². The summed E-state index contributed by atoms with van der Waals surface area (Å²) in [4.78, 5) is 43.5. The zero-order chi connectivity index (χ0) is 37.3. The summed E-state index contributed by atoms with van der Waals surface area (Å²) in [6, 6.07) is 18.9. The molecule has 12 nitrogen and oxygen atoms in total. The van der Waals surface area contributed by atoms with E-state index in [0.29, 0.717) is 17.0 Å². The fourth-order valence-electron chi connectivity index (χ4n) is 6.76. The first-order valence-electron chi connectivity index (χ1n) is 17.6. The van der Waals surface area contributed by atoms with Gasteiger partial charge in [-0.05, 0) is 55.5 Å². The Bertz CT molecular complexity index is 2630. The van der Waals surface area contributed by atoms with Crippen LogP contribution in [0.1, 0.15) is 5.01 Å². The molecule has 2 fully saturated rings. The van der Waals surface area contributed by atoms with Crippen molar-refractivity contribution in [2.75, 3.05) is 69.3 Å². The topological polar surface area (TPSA) is 121 Å². The van der Waals surface area contributed by atoms with Crippen LogP contribution in [0.15, 0.2) is 88.7 Å². The van der Waals surface area contributed by atoms with Crippen molar-refractivity contribution in [3.63, 3.8) is 0 Å². The molecular weight excluding hydrogens is 713 g/mol. The molecule has 2 saturated heterocycles. The van der Waals surface area contributed by atoms with E-state index in [1.165, 1.54) is 23.6 Å². The average molecular weight is 750 g/mol. The number of rotatable bonds is 5. The van der Waals surface area contributed by atoms with E-state index in [-0.39, 0.29) is 28.1 Å². The van der Waals surface area contributed by atoms with E-state index in [1.54, 1.807) is 34.1 Å². The van der Waals surface area contributed by atoms with Crippen LogP contribution in [0.25, 0.3) is 44.0 Å². The number of benzene rings is 2. The van der Waals surface area contributed by atoms with Gasteiger partial charge in [0, 0.05) is 88.0 Å². The zero-order valence-corrected chi connectivity index (χ0v) is 30.5. The number of nitrogens with one attached hydrogen (secondary N) is 2. The molecule has 0 bridgehead atoms. The highest BCUT2D eigenvalue weighted by Gasteiger charge is 2.17. The maximum absolute atomic E-state index is 13.8.